The summed E-state index contributed by atoms with van der Waals surface area (Å²) in [5, 5.41) is 2.32. The molecule has 0 aliphatic carbocycles. The highest BCUT2D eigenvalue weighted by molar-refractivity contribution is 6.22. The van der Waals surface area contributed by atoms with Gasteiger partial charge in [-0.15, -0.1) is 0 Å². The third kappa shape index (κ3) is 1.51. The summed E-state index contributed by atoms with van der Waals surface area (Å²) in [5.41, 5.74) is 8.57. The van der Waals surface area contributed by atoms with E-state index in [1.807, 2.05) is 13.0 Å². The average molecular weight is 218 g/mol. The zero-order chi connectivity index (χ0) is 11.7. The van der Waals surface area contributed by atoms with Crippen LogP contribution in [-0.2, 0) is 12.8 Å². The maximum absolute atomic E-state index is 11.6. The number of fused-ring (bicyclic) bond motifs is 1. The van der Waals surface area contributed by atoms with Crippen molar-refractivity contribution in [3.05, 3.63) is 34.4 Å². The topological polar surface area (TPSA) is 72.2 Å². The molecular formula is C12H14N2O2. The molecule has 0 saturated carbocycles. The molecule has 0 radical (unpaired) electrons. The van der Waals surface area contributed by atoms with Crippen molar-refractivity contribution >= 4 is 11.8 Å². The molecule has 2 rings (SSSR count). The van der Waals surface area contributed by atoms with Gasteiger partial charge < -0.3 is 5.73 Å². The lowest BCUT2D eigenvalue weighted by Gasteiger charge is -2.09. The number of hydrogen-bond acceptors (Lipinski definition) is 3. The van der Waals surface area contributed by atoms with Crippen LogP contribution >= 0.6 is 0 Å². The summed E-state index contributed by atoms with van der Waals surface area (Å²) in [6, 6.07) is 3.60. The molecule has 1 aromatic carbocycles. The van der Waals surface area contributed by atoms with Crippen LogP contribution < -0.4 is 11.1 Å². The first kappa shape index (κ1) is 10.8. The maximum Gasteiger partial charge on any atom is 0.259 e. The van der Waals surface area contributed by atoms with Crippen molar-refractivity contribution in [3.8, 4) is 0 Å². The third-order valence-electron chi connectivity index (χ3n) is 2.88. The predicted molar refractivity (Wildman–Crippen MR) is 60.4 cm³/mol. The highest BCUT2D eigenvalue weighted by Crippen LogP contribution is 2.24. The largest absolute Gasteiger partial charge is 0.330 e. The van der Waals surface area contributed by atoms with Crippen LogP contribution in [-0.4, -0.2) is 18.4 Å². The highest BCUT2D eigenvalue weighted by Gasteiger charge is 2.29. The van der Waals surface area contributed by atoms with E-state index in [4.69, 9.17) is 5.73 Å². The smallest absolute Gasteiger partial charge is 0.259 e. The lowest BCUT2D eigenvalue weighted by molar-refractivity contribution is 0.0879. The van der Waals surface area contributed by atoms with E-state index >= 15 is 0 Å². The number of nitrogens with one attached hydrogen (secondary N) is 1. The van der Waals surface area contributed by atoms with Crippen LogP contribution in [0.1, 0.15) is 38.8 Å². The van der Waals surface area contributed by atoms with Gasteiger partial charge in [-0.05, 0) is 36.6 Å². The summed E-state index contributed by atoms with van der Waals surface area (Å²) < 4.78 is 0. The Morgan fingerprint density at radius 1 is 1.25 bits per heavy atom. The number of carbonyl (C=O) groups is 2. The number of benzene rings is 1. The van der Waals surface area contributed by atoms with Gasteiger partial charge in [0.25, 0.3) is 11.8 Å². The zero-order valence-electron chi connectivity index (χ0n) is 9.17. The van der Waals surface area contributed by atoms with E-state index < -0.39 is 0 Å². The van der Waals surface area contributed by atoms with E-state index in [0.717, 1.165) is 24.0 Å². The fourth-order valence-corrected chi connectivity index (χ4v) is 2.17. The predicted octanol–water partition coefficient (Wildman–Crippen LogP) is 0.634. The molecule has 1 aliphatic heterocycles. The molecule has 1 aromatic rings. The molecule has 0 spiro atoms. The number of carbonyl (C=O) groups excluding carboxylic acids is 2. The Morgan fingerprint density at radius 3 is 2.62 bits per heavy atom. The fourth-order valence-electron chi connectivity index (χ4n) is 2.17. The quantitative estimate of drug-likeness (QED) is 0.731. The number of hydrogen-bond donors (Lipinski definition) is 2. The average Bonchev–Trinajstić information content (AvgIpc) is 2.55. The van der Waals surface area contributed by atoms with E-state index in [9.17, 15) is 9.59 Å². The molecule has 84 valence electrons. The standard InChI is InChI=1S/C12H14N2O2/c1-2-8-7(5-6-13)3-4-9-10(8)12(16)14-11(9)15/h3-4H,2,5-6,13H2,1H3,(H,14,15,16). The highest BCUT2D eigenvalue weighted by atomic mass is 16.2. The van der Waals surface area contributed by atoms with Gasteiger partial charge in [0.05, 0.1) is 11.1 Å². The van der Waals surface area contributed by atoms with Crippen molar-refractivity contribution in [1.82, 2.24) is 5.32 Å². The van der Waals surface area contributed by atoms with Gasteiger partial charge in [0.15, 0.2) is 0 Å². The molecule has 16 heavy (non-hydrogen) atoms. The second-order valence-corrected chi connectivity index (χ2v) is 3.80. The SMILES string of the molecule is CCc1c(CCN)ccc2c1C(=O)NC2=O. The van der Waals surface area contributed by atoms with Gasteiger partial charge in [-0.3, -0.25) is 14.9 Å². The molecule has 1 aliphatic rings. The Labute approximate surface area is 93.8 Å². The zero-order valence-corrected chi connectivity index (χ0v) is 9.17. The van der Waals surface area contributed by atoms with Crippen molar-refractivity contribution < 1.29 is 9.59 Å². The number of amides is 2. The first-order valence-corrected chi connectivity index (χ1v) is 5.39. The van der Waals surface area contributed by atoms with Crippen molar-refractivity contribution in [2.24, 2.45) is 5.73 Å². The molecule has 0 saturated heterocycles. The molecule has 0 fully saturated rings. The van der Waals surface area contributed by atoms with Crippen LogP contribution in [0.5, 0.6) is 0 Å². The van der Waals surface area contributed by atoms with E-state index in [2.05, 4.69) is 5.32 Å². The first-order chi connectivity index (χ1) is 7.69. The summed E-state index contributed by atoms with van der Waals surface area (Å²) in [7, 11) is 0. The minimum Gasteiger partial charge on any atom is -0.330 e. The lowest BCUT2D eigenvalue weighted by Crippen LogP contribution is -2.20. The van der Waals surface area contributed by atoms with E-state index in [0.29, 0.717) is 17.7 Å². The second-order valence-electron chi connectivity index (χ2n) is 3.80. The molecule has 4 nitrogen and oxygen atoms in total. The minimum absolute atomic E-state index is 0.282. The molecule has 0 atom stereocenters. The van der Waals surface area contributed by atoms with Crippen LogP contribution in [0.3, 0.4) is 0 Å². The van der Waals surface area contributed by atoms with Gasteiger partial charge in [-0.1, -0.05) is 13.0 Å². The molecule has 0 unspecified atom stereocenters. The Balaban J connectivity index is 2.61. The minimum atomic E-state index is -0.297. The lowest BCUT2D eigenvalue weighted by atomic mass is 9.94. The van der Waals surface area contributed by atoms with Crippen LogP contribution in [0.2, 0.25) is 0 Å². The Hall–Kier alpha value is -1.68. The van der Waals surface area contributed by atoms with Gasteiger partial charge in [0.1, 0.15) is 0 Å². The Morgan fingerprint density at radius 2 is 2.00 bits per heavy atom. The number of imide groups is 1. The van der Waals surface area contributed by atoms with Gasteiger partial charge in [-0.2, -0.15) is 0 Å². The molecule has 1 heterocycles. The molecular weight excluding hydrogens is 204 g/mol. The van der Waals surface area contributed by atoms with Crippen LogP contribution in [0, 0.1) is 0 Å². The summed E-state index contributed by atoms with van der Waals surface area (Å²) in [4.78, 5) is 23.1. The summed E-state index contributed by atoms with van der Waals surface area (Å²) in [6.07, 6.45) is 1.47. The maximum atomic E-state index is 11.6. The summed E-state index contributed by atoms with van der Waals surface area (Å²) in [5.74, 6) is -0.579. The van der Waals surface area contributed by atoms with Gasteiger partial charge in [0, 0.05) is 0 Å². The summed E-state index contributed by atoms with van der Waals surface area (Å²) >= 11 is 0. The number of nitrogens with two attached hydrogens (primary N) is 1. The Bertz CT molecular complexity index is 466. The molecule has 0 aromatic heterocycles. The molecule has 4 heteroatoms. The van der Waals surface area contributed by atoms with Crippen molar-refractivity contribution in [2.75, 3.05) is 6.54 Å². The second kappa shape index (κ2) is 4.06. The molecule has 2 amide bonds. The monoisotopic (exact) mass is 218 g/mol. The first-order valence-electron chi connectivity index (χ1n) is 5.39. The van der Waals surface area contributed by atoms with Crippen LogP contribution in [0.25, 0.3) is 0 Å². The van der Waals surface area contributed by atoms with E-state index in [-0.39, 0.29) is 11.8 Å². The molecule has 3 N–H and O–H groups in total. The third-order valence-corrected chi connectivity index (χ3v) is 2.88. The van der Waals surface area contributed by atoms with Crippen molar-refractivity contribution in [3.63, 3.8) is 0 Å². The van der Waals surface area contributed by atoms with Gasteiger partial charge in [-0.25, -0.2) is 0 Å². The number of rotatable bonds is 3. The van der Waals surface area contributed by atoms with Crippen LogP contribution in [0.4, 0.5) is 0 Å². The van der Waals surface area contributed by atoms with Gasteiger partial charge >= 0.3 is 0 Å². The van der Waals surface area contributed by atoms with Crippen LogP contribution in [0.15, 0.2) is 12.1 Å². The van der Waals surface area contributed by atoms with E-state index in [1.54, 1.807) is 6.07 Å². The van der Waals surface area contributed by atoms with E-state index in [1.165, 1.54) is 0 Å². The van der Waals surface area contributed by atoms with Crippen molar-refractivity contribution in [2.45, 2.75) is 19.8 Å². The summed E-state index contributed by atoms with van der Waals surface area (Å²) in [6.45, 7) is 2.52. The van der Waals surface area contributed by atoms with Crippen molar-refractivity contribution in [1.29, 1.82) is 0 Å². The molecule has 0 bridgehead atoms. The normalized spacial score (nSPS) is 13.9. The van der Waals surface area contributed by atoms with Gasteiger partial charge in [0.2, 0.25) is 0 Å². The Kier molecular flexibility index (Phi) is 2.75. The fraction of sp³-hybridized carbons (Fsp3) is 0.333.